The lowest BCUT2D eigenvalue weighted by Gasteiger charge is -2.12. The van der Waals surface area contributed by atoms with Gasteiger partial charge in [0.15, 0.2) is 0 Å². The van der Waals surface area contributed by atoms with E-state index in [2.05, 4.69) is 20.6 Å². The Morgan fingerprint density at radius 3 is 3.09 bits per heavy atom. The van der Waals surface area contributed by atoms with Crippen LogP contribution in [-0.4, -0.2) is 41.6 Å². The topological polar surface area (TPSA) is 76.1 Å². The van der Waals surface area contributed by atoms with Crippen molar-refractivity contribution in [3.05, 3.63) is 42.2 Å². The average Bonchev–Trinajstić information content (AvgIpc) is 3.09. The first-order valence-corrected chi connectivity index (χ1v) is 7.84. The largest absolute Gasteiger partial charge is 0.477 e. The van der Waals surface area contributed by atoms with Gasteiger partial charge >= 0.3 is 0 Å². The third kappa shape index (κ3) is 3.65. The quantitative estimate of drug-likeness (QED) is 0.877. The van der Waals surface area contributed by atoms with Crippen molar-refractivity contribution in [1.29, 1.82) is 0 Å². The maximum absolute atomic E-state index is 12.3. The predicted molar refractivity (Wildman–Crippen MR) is 87.4 cm³/mol. The highest BCUT2D eigenvalue weighted by atomic mass is 16.5. The first-order chi connectivity index (χ1) is 11.3. The molecule has 1 atom stereocenters. The van der Waals surface area contributed by atoms with Crippen LogP contribution in [-0.2, 0) is 0 Å². The van der Waals surface area contributed by atoms with Crippen molar-refractivity contribution >= 4 is 5.91 Å². The van der Waals surface area contributed by atoms with E-state index in [1.54, 1.807) is 12.3 Å². The fourth-order valence-corrected chi connectivity index (χ4v) is 2.59. The summed E-state index contributed by atoms with van der Waals surface area (Å²) in [5.41, 5.74) is 1.87. The number of ether oxygens (including phenoxy) is 1. The van der Waals surface area contributed by atoms with E-state index in [4.69, 9.17) is 4.74 Å². The average molecular weight is 312 g/mol. The van der Waals surface area contributed by atoms with Crippen molar-refractivity contribution in [2.45, 2.75) is 19.4 Å². The van der Waals surface area contributed by atoms with Gasteiger partial charge in [-0.3, -0.25) is 4.79 Å². The lowest BCUT2D eigenvalue weighted by molar-refractivity contribution is 0.0935. The van der Waals surface area contributed by atoms with Gasteiger partial charge in [0.2, 0.25) is 5.88 Å². The van der Waals surface area contributed by atoms with Crippen LogP contribution in [0.25, 0.3) is 11.3 Å². The highest BCUT2D eigenvalue weighted by Crippen LogP contribution is 2.26. The van der Waals surface area contributed by atoms with Gasteiger partial charge in [-0.25, -0.2) is 9.97 Å². The Kier molecular flexibility index (Phi) is 4.83. The summed E-state index contributed by atoms with van der Waals surface area (Å²) in [5, 5.41) is 6.23. The highest BCUT2D eigenvalue weighted by Gasteiger charge is 2.19. The minimum Gasteiger partial charge on any atom is -0.477 e. The number of carbonyl (C=O) groups is 1. The number of carbonyl (C=O) groups excluding carboxylic acids is 1. The molecule has 1 aliphatic rings. The summed E-state index contributed by atoms with van der Waals surface area (Å²) < 4.78 is 5.54. The van der Waals surface area contributed by atoms with Gasteiger partial charge in [0.25, 0.3) is 5.91 Å². The van der Waals surface area contributed by atoms with Crippen LogP contribution >= 0.6 is 0 Å². The molecule has 0 aromatic carbocycles. The van der Waals surface area contributed by atoms with Crippen LogP contribution in [0.5, 0.6) is 5.88 Å². The molecule has 1 saturated heterocycles. The van der Waals surface area contributed by atoms with Crippen molar-refractivity contribution < 1.29 is 9.53 Å². The van der Waals surface area contributed by atoms with Crippen molar-refractivity contribution in [3.63, 3.8) is 0 Å². The number of aromatic nitrogens is 2. The molecule has 2 aromatic heterocycles. The third-order valence-corrected chi connectivity index (χ3v) is 3.71. The number of hydrogen-bond donors (Lipinski definition) is 2. The highest BCUT2D eigenvalue weighted by molar-refractivity contribution is 5.93. The van der Waals surface area contributed by atoms with Gasteiger partial charge < -0.3 is 15.4 Å². The van der Waals surface area contributed by atoms with Crippen LogP contribution in [0, 0.1) is 0 Å². The Hall–Kier alpha value is -2.47. The Morgan fingerprint density at radius 1 is 1.39 bits per heavy atom. The van der Waals surface area contributed by atoms with Gasteiger partial charge in [-0.2, -0.15) is 0 Å². The molecule has 2 N–H and O–H groups in total. The Bertz CT molecular complexity index is 684. The molecule has 1 amide bonds. The van der Waals surface area contributed by atoms with Crippen LogP contribution in [0.1, 0.15) is 23.8 Å². The molecule has 2 aromatic rings. The molecule has 0 bridgehead atoms. The maximum atomic E-state index is 12.3. The molecule has 3 heterocycles. The molecule has 3 rings (SSSR count). The van der Waals surface area contributed by atoms with Gasteiger partial charge in [0.05, 0.1) is 17.9 Å². The van der Waals surface area contributed by atoms with Gasteiger partial charge in [-0.05, 0) is 44.2 Å². The maximum Gasteiger partial charge on any atom is 0.270 e. The first kappa shape index (κ1) is 15.4. The molecule has 120 valence electrons. The van der Waals surface area contributed by atoms with Crippen molar-refractivity contribution in [2.24, 2.45) is 0 Å². The zero-order valence-corrected chi connectivity index (χ0v) is 13.1. The summed E-state index contributed by atoms with van der Waals surface area (Å²) in [7, 11) is 0. The zero-order valence-electron chi connectivity index (χ0n) is 13.1. The molecular weight excluding hydrogens is 292 g/mol. The number of nitrogens with zero attached hydrogens (tertiary/aromatic N) is 2. The normalized spacial score (nSPS) is 17.0. The van der Waals surface area contributed by atoms with E-state index < -0.39 is 0 Å². The number of rotatable bonds is 5. The fraction of sp³-hybridized carbons (Fsp3) is 0.353. The van der Waals surface area contributed by atoms with Crippen molar-refractivity contribution in [1.82, 2.24) is 20.6 Å². The van der Waals surface area contributed by atoms with Crippen LogP contribution in [0.15, 0.2) is 36.5 Å². The van der Waals surface area contributed by atoms with Gasteiger partial charge in [0.1, 0.15) is 5.69 Å². The Balaban J connectivity index is 1.83. The van der Waals surface area contributed by atoms with E-state index in [-0.39, 0.29) is 11.9 Å². The second kappa shape index (κ2) is 7.19. The molecule has 6 nitrogen and oxygen atoms in total. The third-order valence-electron chi connectivity index (χ3n) is 3.71. The summed E-state index contributed by atoms with van der Waals surface area (Å²) in [6.07, 6.45) is 2.63. The summed E-state index contributed by atoms with van der Waals surface area (Å²) in [6.45, 7) is 4.18. The summed E-state index contributed by atoms with van der Waals surface area (Å²) >= 11 is 0. The number of hydrogen-bond acceptors (Lipinski definition) is 5. The molecule has 0 spiro atoms. The minimum absolute atomic E-state index is 0.151. The Labute approximate surface area is 135 Å². The smallest absolute Gasteiger partial charge is 0.270 e. The van der Waals surface area contributed by atoms with Crippen LogP contribution in [0.4, 0.5) is 0 Å². The number of nitrogens with one attached hydrogen (secondary N) is 2. The molecule has 1 aliphatic heterocycles. The summed E-state index contributed by atoms with van der Waals surface area (Å²) in [4.78, 5) is 21.1. The predicted octanol–water partition coefficient (Wildman–Crippen LogP) is 1.63. The lowest BCUT2D eigenvalue weighted by atomic mass is 10.1. The standard InChI is InChI=1S/C17H20N4O2/c1-2-23-17-13(5-4-9-19-17)14-6-3-7-15(21-14)16(22)20-12-8-10-18-11-12/h3-7,9,12,18H,2,8,10-11H2,1H3,(H,20,22)/t12-/m1/s1. The van der Waals surface area contributed by atoms with E-state index in [0.717, 1.165) is 25.1 Å². The molecule has 0 saturated carbocycles. The minimum atomic E-state index is -0.151. The van der Waals surface area contributed by atoms with Gasteiger partial charge in [-0.15, -0.1) is 0 Å². The number of amides is 1. The van der Waals surface area contributed by atoms with E-state index in [9.17, 15) is 4.79 Å². The molecule has 6 heteroatoms. The van der Waals surface area contributed by atoms with E-state index in [1.165, 1.54) is 0 Å². The number of pyridine rings is 2. The molecule has 0 unspecified atom stereocenters. The van der Waals surface area contributed by atoms with Crippen molar-refractivity contribution in [2.75, 3.05) is 19.7 Å². The summed E-state index contributed by atoms with van der Waals surface area (Å²) in [5.74, 6) is 0.377. The SMILES string of the molecule is CCOc1ncccc1-c1cccc(C(=O)N[C@@H]2CCNC2)n1. The first-order valence-electron chi connectivity index (χ1n) is 7.84. The molecule has 23 heavy (non-hydrogen) atoms. The van der Waals surface area contributed by atoms with Crippen LogP contribution in [0.2, 0.25) is 0 Å². The van der Waals surface area contributed by atoms with Gasteiger partial charge in [-0.1, -0.05) is 6.07 Å². The van der Waals surface area contributed by atoms with Crippen molar-refractivity contribution in [3.8, 4) is 17.1 Å². The Morgan fingerprint density at radius 2 is 2.30 bits per heavy atom. The van der Waals surface area contributed by atoms with Gasteiger partial charge in [0, 0.05) is 18.8 Å². The van der Waals surface area contributed by atoms with Crippen LogP contribution in [0.3, 0.4) is 0 Å². The monoisotopic (exact) mass is 312 g/mol. The fourth-order valence-electron chi connectivity index (χ4n) is 2.59. The zero-order chi connectivity index (χ0) is 16.1. The van der Waals surface area contributed by atoms with Crippen LogP contribution < -0.4 is 15.4 Å². The molecule has 1 fully saturated rings. The lowest BCUT2D eigenvalue weighted by Crippen LogP contribution is -2.36. The molecule has 0 aliphatic carbocycles. The molecule has 0 radical (unpaired) electrons. The molecular formula is C17H20N4O2. The van der Waals surface area contributed by atoms with E-state index in [1.807, 2.05) is 31.2 Å². The second-order valence-electron chi connectivity index (χ2n) is 5.36. The second-order valence-corrected chi connectivity index (χ2v) is 5.36. The summed E-state index contributed by atoms with van der Waals surface area (Å²) in [6, 6.07) is 9.29. The van der Waals surface area contributed by atoms with E-state index >= 15 is 0 Å². The van der Waals surface area contributed by atoms with E-state index in [0.29, 0.717) is 23.9 Å².